The first-order chi connectivity index (χ1) is 5.95. The first-order valence-corrected chi connectivity index (χ1v) is 6.19. The zero-order valence-electron chi connectivity index (χ0n) is 7.06. The third kappa shape index (κ3) is 1.30. The molecule has 0 saturated heterocycles. The molecule has 1 aromatic rings. The summed E-state index contributed by atoms with van der Waals surface area (Å²) in [7, 11) is 0. The molecule has 2 aliphatic heterocycles. The van der Waals surface area contributed by atoms with E-state index in [0.29, 0.717) is 15.0 Å². The SMILES string of the molecule is C1=Cc2cccc3c2N(C1)C[Se]3.Cl. The first kappa shape index (κ1) is 9.14. The van der Waals surface area contributed by atoms with Crippen LogP contribution in [0.3, 0.4) is 0 Å². The second-order valence-electron chi connectivity index (χ2n) is 3.09. The van der Waals surface area contributed by atoms with E-state index in [4.69, 9.17) is 0 Å². The summed E-state index contributed by atoms with van der Waals surface area (Å²) in [6.07, 6.45) is 4.50. The molecule has 0 spiro atoms. The minimum Gasteiger partial charge on any atom is -0.147 e. The summed E-state index contributed by atoms with van der Waals surface area (Å²) in [5, 5.41) is 0. The molecule has 0 radical (unpaired) electrons. The number of nitrogens with zero attached hydrogens (tertiary/aromatic N) is 1. The Morgan fingerprint density at radius 2 is 2.23 bits per heavy atom. The van der Waals surface area contributed by atoms with E-state index in [2.05, 4.69) is 35.3 Å². The van der Waals surface area contributed by atoms with Crippen molar-refractivity contribution in [2.24, 2.45) is 0 Å². The molecule has 0 amide bonds. The zero-order valence-corrected chi connectivity index (χ0v) is 9.59. The first-order valence-electron chi connectivity index (χ1n) is 4.12. The Kier molecular flexibility index (Phi) is 2.37. The van der Waals surface area contributed by atoms with Crippen LogP contribution in [0.1, 0.15) is 5.56 Å². The van der Waals surface area contributed by atoms with Gasteiger partial charge in [0.15, 0.2) is 0 Å². The van der Waals surface area contributed by atoms with Crippen LogP contribution in [-0.4, -0.2) is 26.9 Å². The molecular weight excluding hydrogens is 249 g/mol. The summed E-state index contributed by atoms with van der Waals surface area (Å²) in [4.78, 5) is 2.49. The molecule has 0 N–H and O–H groups in total. The van der Waals surface area contributed by atoms with Crippen LogP contribution in [0.15, 0.2) is 24.3 Å². The summed E-state index contributed by atoms with van der Waals surface area (Å²) < 4.78 is 1.59. The Bertz CT molecular complexity index is 362. The molecule has 1 nitrogen and oxygen atoms in total. The minimum absolute atomic E-state index is 0. The number of para-hydroxylation sites is 1. The summed E-state index contributed by atoms with van der Waals surface area (Å²) >= 11 is 0.692. The van der Waals surface area contributed by atoms with Gasteiger partial charge < -0.3 is 0 Å². The van der Waals surface area contributed by atoms with E-state index in [0.717, 1.165) is 6.54 Å². The predicted molar refractivity (Wildman–Crippen MR) is 60.3 cm³/mol. The Labute approximate surface area is 90.4 Å². The molecule has 3 heteroatoms. The van der Waals surface area contributed by atoms with Crippen LogP contribution >= 0.6 is 12.4 Å². The normalized spacial score (nSPS) is 16.8. The molecule has 0 saturated carbocycles. The van der Waals surface area contributed by atoms with Crippen LogP contribution in [0.25, 0.3) is 6.08 Å². The molecule has 3 rings (SSSR count). The van der Waals surface area contributed by atoms with Crippen LogP contribution in [-0.2, 0) is 0 Å². The van der Waals surface area contributed by atoms with Crippen molar-refractivity contribution >= 4 is 43.6 Å². The van der Waals surface area contributed by atoms with Crippen molar-refractivity contribution in [3.8, 4) is 0 Å². The van der Waals surface area contributed by atoms with Gasteiger partial charge in [-0.25, -0.2) is 0 Å². The number of anilines is 1. The van der Waals surface area contributed by atoms with Gasteiger partial charge in [0.1, 0.15) is 0 Å². The van der Waals surface area contributed by atoms with Crippen LogP contribution in [0, 0.1) is 0 Å². The second-order valence-corrected chi connectivity index (χ2v) is 5.16. The maximum Gasteiger partial charge on any atom is -0.147 e. The Balaban J connectivity index is 0.000000653. The third-order valence-electron chi connectivity index (χ3n) is 2.35. The standard InChI is InChI=1S/C10H9NSe.ClH/c1-3-8-4-2-6-11-7-12-9(5-1)10(8)11;/h1-5H,6-7H2;1H. The van der Waals surface area contributed by atoms with Gasteiger partial charge in [0.05, 0.1) is 0 Å². The topological polar surface area (TPSA) is 3.24 Å². The zero-order chi connectivity index (χ0) is 7.97. The predicted octanol–water partition coefficient (Wildman–Crippen LogP) is 1.24. The molecule has 0 fully saturated rings. The van der Waals surface area contributed by atoms with E-state index in [1.165, 1.54) is 16.7 Å². The molecule has 0 bridgehead atoms. The van der Waals surface area contributed by atoms with Gasteiger partial charge in [-0.15, -0.1) is 12.4 Å². The fourth-order valence-electron chi connectivity index (χ4n) is 1.79. The maximum absolute atomic E-state index is 2.49. The summed E-state index contributed by atoms with van der Waals surface area (Å²) in [6.45, 7) is 1.12. The van der Waals surface area contributed by atoms with Crippen molar-refractivity contribution in [1.82, 2.24) is 0 Å². The van der Waals surface area contributed by atoms with E-state index in [-0.39, 0.29) is 12.4 Å². The van der Waals surface area contributed by atoms with Crippen molar-refractivity contribution < 1.29 is 0 Å². The summed E-state index contributed by atoms with van der Waals surface area (Å²) in [6, 6.07) is 6.66. The molecular formula is C10H10ClNSe. The number of hydrogen-bond donors (Lipinski definition) is 0. The van der Waals surface area contributed by atoms with Crippen molar-refractivity contribution in [3.05, 3.63) is 29.8 Å². The average molecular weight is 259 g/mol. The number of benzene rings is 1. The molecule has 68 valence electrons. The Morgan fingerprint density at radius 1 is 1.31 bits per heavy atom. The van der Waals surface area contributed by atoms with Crippen molar-refractivity contribution in [2.45, 2.75) is 0 Å². The van der Waals surface area contributed by atoms with E-state index in [9.17, 15) is 0 Å². The van der Waals surface area contributed by atoms with Gasteiger partial charge >= 0.3 is 77.9 Å². The smallest absolute Gasteiger partial charge is 0.147 e. The molecule has 1 aromatic carbocycles. The molecule has 0 aromatic heterocycles. The number of halogens is 1. The van der Waals surface area contributed by atoms with Gasteiger partial charge in [0, 0.05) is 0 Å². The van der Waals surface area contributed by atoms with Crippen molar-refractivity contribution in [2.75, 3.05) is 16.9 Å². The quantitative estimate of drug-likeness (QED) is 0.633. The van der Waals surface area contributed by atoms with E-state index < -0.39 is 0 Å². The average Bonchev–Trinajstić information content (AvgIpc) is 2.52. The fourth-order valence-corrected chi connectivity index (χ4v) is 4.07. The molecule has 0 aliphatic carbocycles. The fraction of sp³-hybridized carbons (Fsp3) is 0.200. The molecule has 2 aliphatic rings. The third-order valence-corrected chi connectivity index (χ3v) is 4.61. The molecule has 0 unspecified atom stereocenters. The largest absolute Gasteiger partial charge is 0.147 e. The number of hydrogen-bond acceptors (Lipinski definition) is 1. The van der Waals surface area contributed by atoms with Gasteiger partial charge in [-0.3, -0.25) is 0 Å². The van der Waals surface area contributed by atoms with Crippen LogP contribution in [0.4, 0.5) is 5.69 Å². The Morgan fingerprint density at radius 3 is 3.15 bits per heavy atom. The van der Waals surface area contributed by atoms with Gasteiger partial charge in [0.2, 0.25) is 0 Å². The van der Waals surface area contributed by atoms with Crippen LogP contribution in [0.2, 0.25) is 0 Å². The molecule has 2 heterocycles. The van der Waals surface area contributed by atoms with Crippen LogP contribution in [0.5, 0.6) is 0 Å². The van der Waals surface area contributed by atoms with Gasteiger partial charge in [0.25, 0.3) is 0 Å². The maximum atomic E-state index is 2.49. The van der Waals surface area contributed by atoms with Gasteiger partial charge in [-0.2, -0.15) is 0 Å². The monoisotopic (exact) mass is 259 g/mol. The summed E-state index contributed by atoms with van der Waals surface area (Å²) in [5.74, 6) is 0. The van der Waals surface area contributed by atoms with Crippen LogP contribution < -0.4 is 9.36 Å². The van der Waals surface area contributed by atoms with Crippen molar-refractivity contribution in [3.63, 3.8) is 0 Å². The second kappa shape index (κ2) is 3.37. The van der Waals surface area contributed by atoms with Gasteiger partial charge in [-0.05, 0) is 0 Å². The molecule has 13 heavy (non-hydrogen) atoms. The Hall–Kier alpha value is -0.431. The van der Waals surface area contributed by atoms with E-state index in [1.54, 1.807) is 4.46 Å². The minimum atomic E-state index is 0. The van der Waals surface area contributed by atoms with Crippen molar-refractivity contribution in [1.29, 1.82) is 0 Å². The van der Waals surface area contributed by atoms with Gasteiger partial charge in [-0.1, -0.05) is 0 Å². The summed E-state index contributed by atoms with van der Waals surface area (Å²) in [5.41, 5.74) is 4.20. The van der Waals surface area contributed by atoms with E-state index >= 15 is 0 Å². The molecule has 0 atom stereocenters. The van der Waals surface area contributed by atoms with E-state index in [1.807, 2.05) is 0 Å². The number of rotatable bonds is 0.